The van der Waals surface area contributed by atoms with Crippen LogP contribution in [0.2, 0.25) is 0 Å². The molecule has 1 N–H and O–H groups in total. The monoisotopic (exact) mass is 309 g/mol. The number of likely N-dealkylation sites (N-methyl/N-ethyl adjacent to an activating group) is 1. The number of rotatable bonds is 4. The van der Waals surface area contributed by atoms with Crippen molar-refractivity contribution < 1.29 is 0 Å². The highest BCUT2D eigenvalue weighted by Crippen LogP contribution is 2.24. The van der Waals surface area contributed by atoms with Crippen molar-refractivity contribution in [3.63, 3.8) is 0 Å². The minimum atomic E-state index is 0. The molecule has 5 heteroatoms. The number of halogens is 1. The number of aromatic nitrogens is 1. The lowest BCUT2D eigenvalue weighted by molar-refractivity contribution is 0.319. The molecule has 3 nitrogen and oxygen atoms in total. The molecule has 108 valence electrons. The fourth-order valence-electron chi connectivity index (χ4n) is 2.53. The Bertz CT molecular complexity index is 529. The summed E-state index contributed by atoms with van der Waals surface area (Å²) in [5.41, 5.74) is 2.41. The number of nitrogens with one attached hydrogen (secondary N) is 1. The summed E-state index contributed by atoms with van der Waals surface area (Å²) in [5, 5.41) is 6.67. The van der Waals surface area contributed by atoms with E-state index in [4.69, 9.17) is 4.98 Å². The van der Waals surface area contributed by atoms with Gasteiger partial charge < -0.3 is 5.32 Å². The molecule has 0 bridgehead atoms. The Hall–Kier alpha value is -0.940. The third kappa shape index (κ3) is 3.58. The van der Waals surface area contributed by atoms with Crippen LogP contribution in [0.4, 0.5) is 0 Å². The van der Waals surface area contributed by atoms with Crippen molar-refractivity contribution in [1.82, 2.24) is 15.2 Å². The van der Waals surface area contributed by atoms with Crippen LogP contribution in [0.5, 0.6) is 0 Å². The lowest BCUT2D eigenvalue weighted by Gasteiger charge is -2.13. The molecule has 3 rings (SSSR count). The first-order chi connectivity index (χ1) is 9.35. The fraction of sp³-hybridized carbons (Fsp3) is 0.400. The molecule has 2 aromatic rings. The fourth-order valence-corrected chi connectivity index (χ4v) is 3.35. The first-order valence-electron chi connectivity index (χ1n) is 6.74. The van der Waals surface area contributed by atoms with Gasteiger partial charge in [-0.3, -0.25) is 4.90 Å². The average molecular weight is 310 g/mol. The number of nitrogens with zero attached hydrogens (tertiary/aromatic N) is 2. The molecule has 1 aromatic heterocycles. The van der Waals surface area contributed by atoms with Gasteiger partial charge in [-0.1, -0.05) is 30.3 Å². The highest BCUT2D eigenvalue weighted by atomic mass is 35.5. The van der Waals surface area contributed by atoms with Crippen molar-refractivity contribution in [1.29, 1.82) is 0 Å². The second-order valence-electron chi connectivity index (χ2n) is 5.02. The summed E-state index contributed by atoms with van der Waals surface area (Å²) in [6.45, 7) is 3.28. The maximum absolute atomic E-state index is 4.75. The van der Waals surface area contributed by atoms with E-state index in [2.05, 4.69) is 39.9 Å². The molecule has 1 aliphatic heterocycles. The molecule has 1 atom stereocenters. The number of hydrogen-bond acceptors (Lipinski definition) is 4. The Morgan fingerprint density at radius 3 is 2.85 bits per heavy atom. The van der Waals surface area contributed by atoms with Gasteiger partial charge in [-0.05, 0) is 13.5 Å². The van der Waals surface area contributed by atoms with Gasteiger partial charge in [0, 0.05) is 36.6 Å². The molecule has 1 unspecified atom stereocenters. The summed E-state index contributed by atoms with van der Waals surface area (Å²) < 4.78 is 0. The van der Waals surface area contributed by atoms with Gasteiger partial charge in [0.2, 0.25) is 0 Å². The van der Waals surface area contributed by atoms with Gasteiger partial charge in [0.25, 0.3) is 0 Å². The lowest BCUT2D eigenvalue weighted by Crippen LogP contribution is -2.29. The zero-order valence-electron chi connectivity index (χ0n) is 11.6. The first kappa shape index (κ1) is 15.4. The minimum Gasteiger partial charge on any atom is -0.316 e. The van der Waals surface area contributed by atoms with Gasteiger partial charge in [-0.15, -0.1) is 23.7 Å². The van der Waals surface area contributed by atoms with Crippen molar-refractivity contribution in [3.8, 4) is 10.6 Å². The van der Waals surface area contributed by atoms with Gasteiger partial charge >= 0.3 is 0 Å². The first-order valence-corrected chi connectivity index (χ1v) is 7.62. The summed E-state index contributed by atoms with van der Waals surface area (Å²) in [5.74, 6) is 0. The largest absolute Gasteiger partial charge is 0.316 e. The van der Waals surface area contributed by atoms with Crippen LogP contribution in [0, 0.1) is 0 Å². The minimum absolute atomic E-state index is 0. The maximum atomic E-state index is 4.75. The van der Waals surface area contributed by atoms with E-state index in [1.54, 1.807) is 11.3 Å². The van der Waals surface area contributed by atoms with E-state index in [0.717, 1.165) is 18.1 Å². The van der Waals surface area contributed by atoms with Crippen LogP contribution in [0.3, 0.4) is 0 Å². The van der Waals surface area contributed by atoms with E-state index < -0.39 is 0 Å². The van der Waals surface area contributed by atoms with Gasteiger partial charge in [0.05, 0.1) is 5.69 Å². The van der Waals surface area contributed by atoms with Crippen LogP contribution in [-0.4, -0.2) is 36.1 Å². The Morgan fingerprint density at radius 1 is 1.35 bits per heavy atom. The molecule has 0 saturated carbocycles. The third-order valence-electron chi connectivity index (χ3n) is 3.64. The standard InChI is InChI=1S/C15H19N3S.ClH/c1-16-13-7-8-18(9-13)10-14-11-19-15(17-14)12-5-3-2-4-6-12;/h2-6,11,13,16H,7-10H2,1H3;1H. The Labute approximate surface area is 130 Å². The third-order valence-corrected chi connectivity index (χ3v) is 4.58. The van der Waals surface area contributed by atoms with Gasteiger partial charge in [-0.25, -0.2) is 4.98 Å². The molecule has 0 radical (unpaired) electrons. The summed E-state index contributed by atoms with van der Waals surface area (Å²) >= 11 is 1.74. The molecule has 1 aliphatic rings. The predicted molar refractivity (Wildman–Crippen MR) is 87.5 cm³/mol. The molecule has 2 heterocycles. The van der Waals surface area contributed by atoms with Crippen LogP contribution in [-0.2, 0) is 6.54 Å². The Kier molecular flexibility index (Phi) is 5.54. The Balaban J connectivity index is 0.00000147. The highest BCUT2D eigenvalue weighted by Gasteiger charge is 2.21. The topological polar surface area (TPSA) is 28.2 Å². The zero-order chi connectivity index (χ0) is 13.1. The molecule has 0 amide bonds. The van der Waals surface area contributed by atoms with E-state index in [1.165, 1.54) is 24.2 Å². The highest BCUT2D eigenvalue weighted by molar-refractivity contribution is 7.13. The molecular formula is C15H20ClN3S. The van der Waals surface area contributed by atoms with Crippen molar-refractivity contribution in [2.24, 2.45) is 0 Å². The second-order valence-corrected chi connectivity index (χ2v) is 5.88. The quantitative estimate of drug-likeness (QED) is 0.941. The van der Waals surface area contributed by atoms with Crippen LogP contribution in [0.1, 0.15) is 12.1 Å². The van der Waals surface area contributed by atoms with Crippen LogP contribution >= 0.6 is 23.7 Å². The van der Waals surface area contributed by atoms with E-state index in [0.29, 0.717) is 6.04 Å². The molecule has 1 fully saturated rings. The van der Waals surface area contributed by atoms with Gasteiger partial charge in [0.1, 0.15) is 5.01 Å². The summed E-state index contributed by atoms with van der Waals surface area (Å²) in [6, 6.07) is 11.1. The van der Waals surface area contributed by atoms with E-state index in [9.17, 15) is 0 Å². The molecule has 1 aromatic carbocycles. The number of likely N-dealkylation sites (tertiary alicyclic amines) is 1. The second kappa shape index (κ2) is 7.18. The molecule has 20 heavy (non-hydrogen) atoms. The number of benzene rings is 1. The van der Waals surface area contributed by atoms with Crippen molar-refractivity contribution in [2.75, 3.05) is 20.1 Å². The van der Waals surface area contributed by atoms with E-state index >= 15 is 0 Å². The SMILES string of the molecule is CNC1CCN(Cc2csc(-c3ccccc3)n2)C1.Cl. The summed E-state index contributed by atoms with van der Waals surface area (Å²) in [7, 11) is 2.05. The van der Waals surface area contributed by atoms with Crippen molar-refractivity contribution in [3.05, 3.63) is 41.4 Å². The maximum Gasteiger partial charge on any atom is 0.123 e. The number of hydrogen-bond donors (Lipinski definition) is 1. The van der Waals surface area contributed by atoms with Gasteiger partial charge in [0.15, 0.2) is 0 Å². The van der Waals surface area contributed by atoms with Crippen molar-refractivity contribution >= 4 is 23.7 Å². The molecule has 0 aliphatic carbocycles. The van der Waals surface area contributed by atoms with E-state index in [1.807, 2.05) is 13.1 Å². The molecular weight excluding hydrogens is 290 g/mol. The smallest absolute Gasteiger partial charge is 0.123 e. The van der Waals surface area contributed by atoms with Crippen LogP contribution < -0.4 is 5.32 Å². The summed E-state index contributed by atoms with van der Waals surface area (Å²) in [6.07, 6.45) is 1.24. The van der Waals surface area contributed by atoms with Gasteiger partial charge in [-0.2, -0.15) is 0 Å². The lowest BCUT2D eigenvalue weighted by atomic mass is 10.2. The normalized spacial score (nSPS) is 18.9. The Morgan fingerprint density at radius 2 is 2.15 bits per heavy atom. The molecule has 1 saturated heterocycles. The number of thiazole rings is 1. The summed E-state index contributed by atoms with van der Waals surface area (Å²) in [4.78, 5) is 7.23. The average Bonchev–Trinajstić information content (AvgIpc) is 3.09. The van der Waals surface area contributed by atoms with Crippen LogP contribution in [0.25, 0.3) is 10.6 Å². The zero-order valence-corrected chi connectivity index (χ0v) is 13.2. The van der Waals surface area contributed by atoms with Crippen LogP contribution in [0.15, 0.2) is 35.7 Å². The predicted octanol–water partition coefficient (Wildman–Crippen LogP) is 3.03. The van der Waals surface area contributed by atoms with Crippen molar-refractivity contribution in [2.45, 2.75) is 19.0 Å². The molecule has 0 spiro atoms. The van der Waals surface area contributed by atoms with E-state index in [-0.39, 0.29) is 12.4 Å².